The molecule has 0 unspecified atom stereocenters. The van der Waals surface area contributed by atoms with Crippen LogP contribution in [0.3, 0.4) is 0 Å². The lowest BCUT2D eigenvalue weighted by atomic mass is 10.2. The zero-order valence-corrected chi connectivity index (χ0v) is 8.23. The van der Waals surface area contributed by atoms with Crippen LogP contribution in [0.15, 0.2) is 18.2 Å². The Bertz CT molecular complexity index is 263. The fourth-order valence-electron chi connectivity index (χ4n) is 0.648. The Morgan fingerprint density at radius 2 is 2.00 bits per heavy atom. The van der Waals surface area contributed by atoms with Crippen LogP contribution in [0.2, 0.25) is 5.02 Å². The van der Waals surface area contributed by atoms with Gasteiger partial charge in [-0.2, -0.15) is 0 Å². The van der Waals surface area contributed by atoms with E-state index < -0.39 is 6.43 Å². The maximum Gasteiger partial charge on any atom is 0.263 e. The van der Waals surface area contributed by atoms with Gasteiger partial charge in [0, 0.05) is 9.13 Å². The molecule has 0 N–H and O–H groups in total. The number of halogens is 4. The molecule has 11 heavy (non-hydrogen) atoms. The van der Waals surface area contributed by atoms with E-state index in [4.69, 9.17) is 11.6 Å². The van der Waals surface area contributed by atoms with Gasteiger partial charge in [-0.05, 0) is 34.7 Å². The number of alkyl halides is 2. The number of hydrogen-bond acceptors (Lipinski definition) is 0. The molecule has 4 heteroatoms. The number of rotatable bonds is 1. The summed E-state index contributed by atoms with van der Waals surface area (Å²) in [5.41, 5.74) is -0.0320. The summed E-state index contributed by atoms with van der Waals surface area (Å²) in [6, 6.07) is 4.23. The fourth-order valence-corrected chi connectivity index (χ4v) is 1.17. The van der Waals surface area contributed by atoms with Crippen molar-refractivity contribution >= 4 is 34.2 Å². The Morgan fingerprint density at radius 1 is 1.36 bits per heavy atom. The van der Waals surface area contributed by atoms with Gasteiger partial charge < -0.3 is 0 Å². The highest BCUT2D eigenvalue weighted by atomic mass is 127. The van der Waals surface area contributed by atoms with Crippen molar-refractivity contribution in [3.63, 3.8) is 0 Å². The largest absolute Gasteiger partial charge is 0.263 e. The van der Waals surface area contributed by atoms with Crippen molar-refractivity contribution in [1.29, 1.82) is 0 Å². The maximum absolute atomic E-state index is 12.0. The minimum absolute atomic E-state index is 0.0320. The first-order chi connectivity index (χ1) is 5.11. The van der Waals surface area contributed by atoms with Crippen LogP contribution in [-0.2, 0) is 0 Å². The van der Waals surface area contributed by atoms with Crippen LogP contribution in [0.5, 0.6) is 0 Å². The summed E-state index contributed by atoms with van der Waals surface area (Å²) in [6.45, 7) is 0. The topological polar surface area (TPSA) is 0 Å². The van der Waals surface area contributed by atoms with Gasteiger partial charge in [0.2, 0.25) is 0 Å². The second kappa shape index (κ2) is 3.67. The molecule has 0 spiro atoms. The van der Waals surface area contributed by atoms with Crippen molar-refractivity contribution in [2.45, 2.75) is 6.43 Å². The molecule has 60 valence electrons. The van der Waals surface area contributed by atoms with Crippen molar-refractivity contribution in [3.05, 3.63) is 32.4 Å². The van der Waals surface area contributed by atoms with E-state index in [1.807, 2.05) is 22.6 Å². The summed E-state index contributed by atoms with van der Waals surface area (Å²) >= 11 is 7.60. The third kappa shape index (κ3) is 2.27. The van der Waals surface area contributed by atoms with Gasteiger partial charge in [-0.1, -0.05) is 17.7 Å². The van der Waals surface area contributed by atoms with Crippen LogP contribution in [0.25, 0.3) is 0 Å². The van der Waals surface area contributed by atoms with Crippen molar-refractivity contribution in [3.8, 4) is 0 Å². The molecule has 0 saturated heterocycles. The molecule has 0 bridgehead atoms. The average molecular weight is 288 g/mol. The van der Waals surface area contributed by atoms with Gasteiger partial charge in [0.05, 0.1) is 5.02 Å². The molecule has 0 saturated carbocycles. The summed E-state index contributed by atoms with van der Waals surface area (Å²) in [7, 11) is 0. The Balaban J connectivity index is 3.05. The first-order valence-corrected chi connectivity index (χ1v) is 4.30. The van der Waals surface area contributed by atoms with Crippen molar-refractivity contribution in [2.24, 2.45) is 0 Å². The van der Waals surface area contributed by atoms with Crippen LogP contribution in [0.4, 0.5) is 8.78 Å². The van der Waals surface area contributed by atoms with Gasteiger partial charge in [-0.3, -0.25) is 0 Å². The molecule has 0 fully saturated rings. The van der Waals surface area contributed by atoms with Crippen LogP contribution in [0.1, 0.15) is 12.0 Å². The fraction of sp³-hybridized carbons (Fsp3) is 0.143. The molecule has 0 aromatic heterocycles. The molecule has 0 radical (unpaired) electrons. The summed E-state index contributed by atoms with van der Waals surface area (Å²) in [6.07, 6.45) is -2.44. The standard InChI is InChI=1S/C7H4ClF2I/c8-5-3-4(7(9)10)1-2-6(5)11/h1-3,7H. The minimum atomic E-state index is -2.44. The Labute approximate surface area is 81.7 Å². The SMILES string of the molecule is FC(F)c1ccc(I)c(Cl)c1. The van der Waals surface area contributed by atoms with Crippen molar-refractivity contribution < 1.29 is 8.78 Å². The maximum atomic E-state index is 12.0. The molecule has 0 aliphatic rings. The second-order valence-electron chi connectivity index (χ2n) is 1.97. The Hall–Kier alpha value is 0.1000. The normalized spacial score (nSPS) is 10.6. The Morgan fingerprint density at radius 3 is 2.45 bits per heavy atom. The predicted molar refractivity (Wildman–Crippen MR) is 49.1 cm³/mol. The summed E-state index contributed by atoms with van der Waals surface area (Å²) in [5, 5.41) is 0.378. The molecule has 0 heterocycles. The molecule has 0 amide bonds. The van der Waals surface area contributed by atoms with Crippen LogP contribution >= 0.6 is 34.2 Å². The first-order valence-electron chi connectivity index (χ1n) is 2.84. The van der Waals surface area contributed by atoms with Crippen LogP contribution in [0, 0.1) is 3.57 Å². The van der Waals surface area contributed by atoms with E-state index in [1.165, 1.54) is 12.1 Å². The molecule has 0 aliphatic heterocycles. The highest BCUT2D eigenvalue weighted by Crippen LogP contribution is 2.25. The van der Waals surface area contributed by atoms with E-state index in [9.17, 15) is 8.78 Å². The molecule has 1 aromatic rings. The first kappa shape index (κ1) is 9.19. The highest BCUT2D eigenvalue weighted by Gasteiger charge is 2.07. The van der Waals surface area contributed by atoms with E-state index in [-0.39, 0.29) is 5.56 Å². The lowest BCUT2D eigenvalue weighted by molar-refractivity contribution is 0.151. The molecule has 0 atom stereocenters. The van der Waals surface area contributed by atoms with Crippen LogP contribution in [-0.4, -0.2) is 0 Å². The van der Waals surface area contributed by atoms with Gasteiger partial charge in [0.25, 0.3) is 6.43 Å². The van der Waals surface area contributed by atoms with Crippen molar-refractivity contribution in [2.75, 3.05) is 0 Å². The lowest BCUT2D eigenvalue weighted by Crippen LogP contribution is -1.84. The van der Waals surface area contributed by atoms with E-state index in [1.54, 1.807) is 6.07 Å². The zero-order chi connectivity index (χ0) is 8.43. The zero-order valence-electron chi connectivity index (χ0n) is 5.32. The minimum Gasteiger partial charge on any atom is -0.205 e. The van der Waals surface area contributed by atoms with E-state index in [0.29, 0.717) is 5.02 Å². The predicted octanol–water partition coefficient (Wildman–Crippen LogP) is 3.88. The average Bonchev–Trinajstić information content (AvgIpc) is 1.94. The van der Waals surface area contributed by atoms with Gasteiger partial charge in [-0.25, -0.2) is 8.78 Å². The van der Waals surface area contributed by atoms with Crippen molar-refractivity contribution in [1.82, 2.24) is 0 Å². The second-order valence-corrected chi connectivity index (χ2v) is 3.54. The summed E-state index contributed by atoms with van der Waals surface area (Å²) in [4.78, 5) is 0. The molecule has 0 nitrogen and oxygen atoms in total. The number of benzene rings is 1. The van der Waals surface area contributed by atoms with Crippen LogP contribution < -0.4 is 0 Å². The van der Waals surface area contributed by atoms with Gasteiger partial charge in [0.1, 0.15) is 0 Å². The van der Waals surface area contributed by atoms with Gasteiger partial charge in [-0.15, -0.1) is 0 Å². The number of hydrogen-bond donors (Lipinski definition) is 0. The van der Waals surface area contributed by atoms with E-state index >= 15 is 0 Å². The van der Waals surface area contributed by atoms with E-state index in [0.717, 1.165) is 3.57 Å². The Kier molecular flexibility index (Phi) is 3.06. The highest BCUT2D eigenvalue weighted by molar-refractivity contribution is 14.1. The molecule has 1 aromatic carbocycles. The third-order valence-corrected chi connectivity index (χ3v) is 2.77. The molecular formula is C7H4ClF2I. The molecular weight excluding hydrogens is 284 g/mol. The quantitative estimate of drug-likeness (QED) is 0.688. The van der Waals surface area contributed by atoms with Gasteiger partial charge in [0.15, 0.2) is 0 Å². The molecule has 0 aliphatic carbocycles. The summed E-state index contributed by atoms with van der Waals surface area (Å²) < 4.78 is 24.8. The smallest absolute Gasteiger partial charge is 0.205 e. The molecule has 1 rings (SSSR count). The summed E-state index contributed by atoms with van der Waals surface area (Å²) in [5.74, 6) is 0. The lowest BCUT2D eigenvalue weighted by Gasteiger charge is -2.00. The van der Waals surface area contributed by atoms with E-state index in [2.05, 4.69) is 0 Å². The third-order valence-electron chi connectivity index (χ3n) is 1.20. The van der Waals surface area contributed by atoms with Gasteiger partial charge >= 0.3 is 0 Å². The monoisotopic (exact) mass is 288 g/mol.